The largest absolute Gasteiger partial charge is 0.493 e. The molecule has 0 aliphatic heterocycles. The minimum atomic E-state index is -0.208. The van der Waals surface area contributed by atoms with Crippen LogP contribution < -0.4 is 14.8 Å². The molecule has 5 heteroatoms. The van der Waals surface area contributed by atoms with Crippen LogP contribution in [0.5, 0.6) is 11.5 Å². The third kappa shape index (κ3) is 4.02. The van der Waals surface area contributed by atoms with E-state index in [0.717, 1.165) is 6.42 Å². The molecule has 1 N–H and O–H groups in total. The highest BCUT2D eigenvalue weighted by Gasteiger charge is 2.11. The first-order valence-electron chi connectivity index (χ1n) is 6.87. The zero-order valence-electron chi connectivity index (χ0n) is 12.2. The van der Waals surface area contributed by atoms with Gasteiger partial charge in [0.25, 0.3) is 5.91 Å². The highest BCUT2D eigenvalue weighted by Crippen LogP contribution is 2.26. The number of hydrogen-bond acceptors (Lipinski definition) is 4. The molecule has 0 bridgehead atoms. The summed E-state index contributed by atoms with van der Waals surface area (Å²) in [7, 11) is 1.59. The lowest BCUT2D eigenvalue weighted by atomic mass is 10.3. The van der Waals surface area contributed by atoms with Crippen LogP contribution in [-0.4, -0.2) is 19.6 Å². The number of carbonyl (C=O) groups excluding carboxylic acids is 1. The van der Waals surface area contributed by atoms with Crippen molar-refractivity contribution in [2.45, 2.75) is 20.0 Å². The van der Waals surface area contributed by atoms with E-state index >= 15 is 0 Å². The van der Waals surface area contributed by atoms with Crippen LogP contribution >= 0.6 is 0 Å². The van der Waals surface area contributed by atoms with Gasteiger partial charge in [-0.25, -0.2) is 0 Å². The topological polar surface area (TPSA) is 60.7 Å². The van der Waals surface area contributed by atoms with Crippen LogP contribution in [0.3, 0.4) is 0 Å². The molecule has 1 heterocycles. The molecule has 0 radical (unpaired) electrons. The van der Waals surface area contributed by atoms with E-state index in [1.54, 1.807) is 19.2 Å². The van der Waals surface area contributed by atoms with Crippen LogP contribution in [0.4, 0.5) is 0 Å². The second kappa shape index (κ2) is 7.38. The minimum Gasteiger partial charge on any atom is -0.493 e. The minimum absolute atomic E-state index is 0.208. The fourth-order valence-corrected chi connectivity index (χ4v) is 1.79. The lowest BCUT2D eigenvalue weighted by Gasteiger charge is -2.08. The van der Waals surface area contributed by atoms with E-state index in [-0.39, 0.29) is 12.5 Å². The molecule has 2 aromatic rings. The molecular weight excluding hydrogens is 270 g/mol. The molecule has 0 aliphatic rings. The van der Waals surface area contributed by atoms with Crippen molar-refractivity contribution in [3.8, 4) is 11.5 Å². The van der Waals surface area contributed by atoms with Gasteiger partial charge in [0, 0.05) is 6.54 Å². The van der Waals surface area contributed by atoms with Gasteiger partial charge in [-0.3, -0.25) is 4.79 Å². The molecule has 0 aliphatic carbocycles. The molecule has 0 atom stereocenters. The number of benzene rings is 1. The first kappa shape index (κ1) is 15.0. The Labute approximate surface area is 123 Å². The van der Waals surface area contributed by atoms with E-state index in [1.807, 2.05) is 31.2 Å². The van der Waals surface area contributed by atoms with Crippen molar-refractivity contribution in [3.63, 3.8) is 0 Å². The second-order valence-electron chi connectivity index (χ2n) is 4.46. The summed E-state index contributed by atoms with van der Waals surface area (Å²) in [6, 6.07) is 10.7. The average molecular weight is 289 g/mol. The van der Waals surface area contributed by atoms with Crippen LogP contribution in [0.1, 0.15) is 29.7 Å². The number of methoxy groups -OCH3 is 1. The van der Waals surface area contributed by atoms with Crippen molar-refractivity contribution in [2.24, 2.45) is 0 Å². The summed E-state index contributed by atoms with van der Waals surface area (Å²) in [6.07, 6.45) is 0.885. The predicted molar refractivity (Wildman–Crippen MR) is 78.7 cm³/mol. The third-order valence-electron chi connectivity index (χ3n) is 2.86. The van der Waals surface area contributed by atoms with Crippen LogP contribution in [0.15, 0.2) is 40.8 Å². The Bertz CT molecular complexity index is 591. The van der Waals surface area contributed by atoms with Gasteiger partial charge in [-0.05, 0) is 30.7 Å². The van der Waals surface area contributed by atoms with E-state index < -0.39 is 0 Å². The Morgan fingerprint density at radius 2 is 1.95 bits per heavy atom. The van der Waals surface area contributed by atoms with Gasteiger partial charge >= 0.3 is 0 Å². The molecule has 0 saturated carbocycles. The van der Waals surface area contributed by atoms with Gasteiger partial charge in [-0.15, -0.1) is 0 Å². The molecule has 1 aromatic carbocycles. The fraction of sp³-hybridized carbons (Fsp3) is 0.312. The molecular formula is C16H19NO4. The van der Waals surface area contributed by atoms with Gasteiger partial charge in [0.2, 0.25) is 0 Å². The van der Waals surface area contributed by atoms with Crippen LogP contribution in [0.25, 0.3) is 0 Å². The number of hydrogen-bond donors (Lipinski definition) is 1. The summed E-state index contributed by atoms with van der Waals surface area (Å²) >= 11 is 0. The lowest BCUT2D eigenvalue weighted by Crippen LogP contribution is -2.23. The maximum Gasteiger partial charge on any atom is 0.286 e. The van der Waals surface area contributed by atoms with E-state index in [2.05, 4.69) is 5.32 Å². The number of carbonyl (C=O) groups is 1. The van der Waals surface area contributed by atoms with Crippen molar-refractivity contribution in [1.29, 1.82) is 0 Å². The van der Waals surface area contributed by atoms with Crippen molar-refractivity contribution in [3.05, 3.63) is 47.9 Å². The molecule has 5 nitrogen and oxygen atoms in total. The Morgan fingerprint density at radius 1 is 1.19 bits per heavy atom. The quantitative estimate of drug-likeness (QED) is 0.851. The number of para-hydroxylation sites is 2. The van der Waals surface area contributed by atoms with E-state index in [1.165, 1.54) is 0 Å². The van der Waals surface area contributed by atoms with Gasteiger partial charge in [0.15, 0.2) is 17.3 Å². The Balaban J connectivity index is 1.95. The number of ether oxygens (including phenoxy) is 2. The first-order chi connectivity index (χ1) is 10.2. The van der Waals surface area contributed by atoms with E-state index in [9.17, 15) is 4.79 Å². The molecule has 112 valence electrons. The van der Waals surface area contributed by atoms with Gasteiger partial charge < -0.3 is 19.2 Å². The van der Waals surface area contributed by atoms with Crippen molar-refractivity contribution < 1.29 is 18.7 Å². The molecule has 21 heavy (non-hydrogen) atoms. The Morgan fingerprint density at radius 3 is 2.67 bits per heavy atom. The Hall–Kier alpha value is -2.43. The standard InChI is InChI=1S/C16H19NO4/c1-3-10-17-16(18)15-9-8-12(21-15)11-20-14-7-5-4-6-13(14)19-2/h4-9H,3,10-11H2,1-2H3,(H,17,18). The first-order valence-corrected chi connectivity index (χ1v) is 6.87. The number of amides is 1. The van der Waals surface area contributed by atoms with Crippen molar-refractivity contribution in [2.75, 3.05) is 13.7 Å². The summed E-state index contributed by atoms with van der Waals surface area (Å²) < 4.78 is 16.3. The van der Waals surface area contributed by atoms with Gasteiger partial charge in [0.1, 0.15) is 12.4 Å². The summed E-state index contributed by atoms with van der Waals surface area (Å²) in [6.45, 7) is 2.86. The van der Waals surface area contributed by atoms with E-state index in [4.69, 9.17) is 13.9 Å². The molecule has 1 amide bonds. The average Bonchev–Trinajstić information content (AvgIpc) is 3.00. The summed E-state index contributed by atoms with van der Waals surface area (Å²) in [5, 5.41) is 2.76. The SMILES string of the molecule is CCCNC(=O)c1ccc(COc2ccccc2OC)o1. The highest BCUT2D eigenvalue weighted by molar-refractivity contribution is 5.91. The summed E-state index contributed by atoms with van der Waals surface area (Å²) in [5.74, 6) is 1.96. The summed E-state index contributed by atoms with van der Waals surface area (Å²) in [4.78, 5) is 11.7. The zero-order valence-corrected chi connectivity index (χ0v) is 12.2. The maximum atomic E-state index is 11.7. The molecule has 2 rings (SSSR count). The second-order valence-corrected chi connectivity index (χ2v) is 4.46. The van der Waals surface area contributed by atoms with E-state index in [0.29, 0.717) is 29.6 Å². The van der Waals surface area contributed by atoms with Gasteiger partial charge in [-0.2, -0.15) is 0 Å². The van der Waals surface area contributed by atoms with Crippen LogP contribution in [0, 0.1) is 0 Å². The fourth-order valence-electron chi connectivity index (χ4n) is 1.79. The summed E-state index contributed by atoms with van der Waals surface area (Å²) in [5.41, 5.74) is 0. The highest BCUT2D eigenvalue weighted by atomic mass is 16.5. The maximum absolute atomic E-state index is 11.7. The number of nitrogens with one attached hydrogen (secondary N) is 1. The normalized spacial score (nSPS) is 10.2. The van der Waals surface area contributed by atoms with Gasteiger partial charge in [-0.1, -0.05) is 19.1 Å². The number of furan rings is 1. The van der Waals surface area contributed by atoms with Crippen molar-refractivity contribution >= 4 is 5.91 Å². The molecule has 0 unspecified atom stereocenters. The third-order valence-corrected chi connectivity index (χ3v) is 2.86. The molecule has 0 spiro atoms. The Kier molecular flexibility index (Phi) is 5.26. The van der Waals surface area contributed by atoms with Crippen LogP contribution in [0.2, 0.25) is 0 Å². The zero-order chi connectivity index (χ0) is 15.1. The van der Waals surface area contributed by atoms with Gasteiger partial charge in [0.05, 0.1) is 7.11 Å². The monoisotopic (exact) mass is 289 g/mol. The smallest absolute Gasteiger partial charge is 0.286 e. The molecule has 1 aromatic heterocycles. The molecule has 0 saturated heterocycles. The van der Waals surface area contributed by atoms with Crippen molar-refractivity contribution in [1.82, 2.24) is 5.32 Å². The lowest BCUT2D eigenvalue weighted by molar-refractivity contribution is 0.0921. The molecule has 0 fully saturated rings. The van der Waals surface area contributed by atoms with Crippen LogP contribution in [-0.2, 0) is 6.61 Å². The predicted octanol–water partition coefficient (Wildman–Crippen LogP) is 3.01. The number of rotatable bonds is 7.